The quantitative estimate of drug-likeness (QED) is 0.752. The second-order valence-corrected chi connectivity index (χ2v) is 3.99. The maximum atomic E-state index is 5.03. The van der Waals surface area contributed by atoms with Gasteiger partial charge in [-0.05, 0) is 19.4 Å². The Bertz CT molecular complexity index is 338. The van der Waals surface area contributed by atoms with E-state index >= 15 is 0 Å². The van der Waals surface area contributed by atoms with Gasteiger partial charge in [0.2, 0.25) is 0 Å². The first-order valence-corrected chi connectivity index (χ1v) is 6.29. The molecule has 1 N–H and O–H groups in total. The minimum atomic E-state index is 0.294. The highest BCUT2D eigenvalue weighted by Gasteiger charge is 2.12. The van der Waals surface area contributed by atoms with Crippen molar-refractivity contribution in [3.63, 3.8) is 0 Å². The molecule has 0 fully saturated rings. The van der Waals surface area contributed by atoms with E-state index in [1.807, 2.05) is 0 Å². The zero-order chi connectivity index (χ0) is 13.4. The van der Waals surface area contributed by atoms with Crippen LogP contribution in [0, 0.1) is 0 Å². The lowest BCUT2D eigenvalue weighted by Crippen LogP contribution is -2.31. The van der Waals surface area contributed by atoms with Crippen molar-refractivity contribution in [1.82, 2.24) is 20.3 Å². The van der Waals surface area contributed by atoms with Gasteiger partial charge >= 0.3 is 12.0 Å². The molecule has 6 heteroatoms. The lowest BCUT2D eigenvalue weighted by molar-refractivity contribution is 0.334. The number of ether oxygens (including phenoxy) is 2. The standard InChI is InChI=1S/C12H22N4O2/c1-5-7-13-9(6-2)8-10-14-11(17-3)16-12(15-10)18-4/h9,13H,5-8H2,1-4H3. The molecule has 1 aromatic heterocycles. The molecule has 0 aliphatic carbocycles. The zero-order valence-corrected chi connectivity index (χ0v) is 11.6. The van der Waals surface area contributed by atoms with Crippen LogP contribution >= 0.6 is 0 Å². The van der Waals surface area contributed by atoms with Crippen LogP contribution in [-0.4, -0.2) is 41.8 Å². The van der Waals surface area contributed by atoms with Crippen LogP contribution < -0.4 is 14.8 Å². The van der Waals surface area contributed by atoms with Gasteiger partial charge < -0.3 is 14.8 Å². The lowest BCUT2D eigenvalue weighted by Gasteiger charge is -2.15. The van der Waals surface area contributed by atoms with Crippen molar-refractivity contribution in [3.05, 3.63) is 5.82 Å². The van der Waals surface area contributed by atoms with Crippen LogP contribution in [0.5, 0.6) is 12.0 Å². The summed E-state index contributed by atoms with van der Waals surface area (Å²) in [5, 5.41) is 3.46. The molecule has 0 saturated carbocycles. The number of aromatic nitrogens is 3. The molecule has 1 atom stereocenters. The predicted octanol–water partition coefficient (Wildman–Crippen LogP) is 1.21. The Morgan fingerprint density at radius 2 is 1.67 bits per heavy atom. The third-order valence-corrected chi connectivity index (χ3v) is 2.61. The van der Waals surface area contributed by atoms with E-state index in [9.17, 15) is 0 Å². The molecule has 1 unspecified atom stereocenters. The average Bonchev–Trinajstić information content (AvgIpc) is 2.42. The van der Waals surface area contributed by atoms with E-state index in [0.29, 0.717) is 23.9 Å². The van der Waals surface area contributed by atoms with Crippen molar-refractivity contribution in [2.45, 2.75) is 39.2 Å². The van der Waals surface area contributed by atoms with E-state index in [1.165, 1.54) is 14.2 Å². The summed E-state index contributed by atoms with van der Waals surface area (Å²) in [4.78, 5) is 12.4. The highest BCUT2D eigenvalue weighted by atomic mass is 16.5. The molecular formula is C12H22N4O2. The number of hydrogen-bond donors (Lipinski definition) is 1. The Hall–Kier alpha value is -1.43. The number of hydrogen-bond acceptors (Lipinski definition) is 6. The Balaban J connectivity index is 2.74. The van der Waals surface area contributed by atoms with Crippen molar-refractivity contribution in [3.8, 4) is 12.0 Å². The van der Waals surface area contributed by atoms with Gasteiger partial charge in [-0.3, -0.25) is 0 Å². The van der Waals surface area contributed by atoms with Crippen LogP contribution in [-0.2, 0) is 6.42 Å². The average molecular weight is 254 g/mol. The monoisotopic (exact) mass is 254 g/mol. The first-order chi connectivity index (χ1) is 8.73. The van der Waals surface area contributed by atoms with Gasteiger partial charge in [-0.2, -0.15) is 9.97 Å². The lowest BCUT2D eigenvalue weighted by atomic mass is 10.1. The van der Waals surface area contributed by atoms with E-state index in [0.717, 1.165) is 25.8 Å². The maximum absolute atomic E-state index is 5.03. The summed E-state index contributed by atoms with van der Waals surface area (Å²) >= 11 is 0. The van der Waals surface area contributed by atoms with Gasteiger partial charge in [0, 0.05) is 12.5 Å². The second-order valence-electron chi connectivity index (χ2n) is 3.99. The zero-order valence-electron chi connectivity index (χ0n) is 11.6. The molecular weight excluding hydrogens is 232 g/mol. The first-order valence-electron chi connectivity index (χ1n) is 6.29. The van der Waals surface area contributed by atoms with Crippen LogP contribution in [0.2, 0.25) is 0 Å². The minimum absolute atomic E-state index is 0.294. The largest absolute Gasteiger partial charge is 0.467 e. The normalized spacial score (nSPS) is 12.2. The molecule has 1 aromatic rings. The fraction of sp³-hybridized carbons (Fsp3) is 0.750. The molecule has 0 aliphatic heterocycles. The number of methoxy groups -OCH3 is 2. The summed E-state index contributed by atoms with van der Waals surface area (Å²) in [7, 11) is 3.07. The number of nitrogens with zero attached hydrogens (tertiary/aromatic N) is 3. The van der Waals surface area contributed by atoms with Crippen molar-refractivity contribution < 1.29 is 9.47 Å². The minimum Gasteiger partial charge on any atom is -0.467 e. The molecule has 0 amide bonds. The Morgan fingerprint density at radius 3 is 2.11 bits per heavy atom. The van der Waals surface area contributed by atoms with E-state index < -0.39 is 0 Å². The van der Waals surface area contributed by atoms with Crippen LogP contribution in [0.4, 0.5) is 0 Å². The van der Waals surface area contributed by atoms with Gasteiger partial charge in [-0.15, -0.1) is 4.98 Å². The highest BCUT2D eigenvalue weighted by Crippen LogP contribution is 2.11. The van der Waals surface area contributed by atoms with E-state index in [4.69, 9.17) is 9.47 Å². The van der Waals surface area contributed by atoms with Crippen molar-refractivity contribution in [2.24, 2.45) is 0 Å². The van der Waals surface area contributed by atoms with Gasteiger partial charge in [-0.1, -0.05) is 13.8 Å². The summed E-state index contributed by atoms with van der Waals surface area (Å²) in [6.07, 6.45) is 2.88. The summed E-state index contributed by atoms with van der Waals surface area (Å²) in [5.41, 5.74) is 0. The Labute approximate surface area is 108 Å². The molecule has 0 bridgehead atoms. The van der Waals surface area contributed by atoms with E-state index in [-0.39, 0.29) is 0 Å². The predicted molar refractivity (Wildman–Crippen MR) is 69.0 cm³/mol. The van der Waals surface area contributed by atoms with Gasteiger partial charge in [-0.25, -0.2) is 0 Å². The summed E-state index contributed by atoms with van der Waals surface area (Å²) in [6.45, 7) is 5.29. The Kier molecular flexibility index (Phi) is 6.35. The van der Waals surface area contributed by atoms with E-state index in [2.05, 4.69) is 34.1 Å². The molecule has 6 nitrogen and oxygen atoms in total. The fourth-order valence-corrected chi connectivity index (χ4v) is 1.58. The van der Waals surface area contributed by atoms with Crippen molar-refractivity contribution in [2.75, 3.05) is 20.8 Å². The smallest absolute Gasteiger partial charge is 0.322 e. The topological polar surface area (TPSA) is 69.2 Å². The molecule has 0 radical (unpaired) electrons. The fourth-order valence-electron chi connectivity index (χ4n) is 1.58. The molecule has 1 heterocycles. The van der Waals surface area contributed by atoms with Crippen LogP contribution in [0.1, 0.15) is 32.5 Å². The van der Waals surface area contributed by atoms with Crippen LogP contribution in [0.25, 0.3) is 0 Å². The van der Waals surface area contributed by atoms with E-state index in [1.54, 1.807) is 0 Å². The third-order valence-electron chi connectivity index (χ3n) is 2.61. The maximum Gasteiger partial charge on any atom is 0.322 e. The molecule has 0 spiro atoms. The molecule has 1 rings (SSSR count). The summed E-state index contributed by atoms with van der Waals surface area (Å²) < 4.78 is 10.1. The molecule has 0 saturated heterocycles. The number of rotatable bonds is 8. The highest BCUT2D eigenvalue weighted by molar-refractivity contribution is 5.06. The van der Waals surface area contributed by atoms with Crippen LogP contribution in [0.15, 0.2) is 0 Å². The molecule has 102 valence electrons. The van der Waals surface area contributed by atoms with Gasteiger partial charge in [0.25, 0.3) is 0 Å². The second kappa shape index (κ2) is 7.81. The molecule has 0 aliphatic rings. The van der Waals surface area contributed by atoms with Gasteiger partial charge in [0.05, 0.1) is 14.2 Å². The first kappa shape index (κ1) is 14.6. The molecule has 18 heavy (non-hydrogen) atoms. The SMILES string of the molecule is CCCNC(CC)Cc1nc(OC)nc(OC)n1. The third kappa shape index (κ3) is 4.44. The molecule has 0 aromatic carbocycles. The van der Waals surface area contributed by atoms with Crippen molar-refractivity contribution >= 4 is 0 Å². The van der Waals surface area contributed by atoms with Gasteiger partial charge in [0.1, 0.15) is 5.82 Å². The summed E-state index contributed by atoms with van der Waals surface area (Å²) in [5.74, 6) is 0.689. The Morgan fingerprint density at radius 1 is 1.06 bits per heavy atom. The van der Waals surface area contributed by atoms with Crippen molar-refractivity contribution in [1.29, 1.82) is 0 Å². The number of nitrogens with one attached hydrogen (secondary N) is 1. The van der Waals surface area contributed by atoms with Crippen LogP contribution in [0.3, 0.4) is 0 Å². The summed E-state index contributed by atoms with van der Waals surface area (Å²) in [6, 6.07) is 0.950. The van der Waals surface area contributed by atoms with Gasteiger partial charge in [0.15, 0.2) is 0 Å².